The summed E-state index contributed by atoms with van der Waals surface area (Å²) in [7, 11) is 0. The number of phenols is 2. The van der Waals surface area contributed by atoms with Gasteiger partial charge in [-0.1, -0.05) is 109 Å². The molecule has 0 amide bonds. The van der Waals surface area contributed by atoms with Crippen LogP contribution in [0.5, 0.6) is 11.5 Å². The molecule has 0 unspecified atom stereocenters. The van der Waals surface area contributed by atoms with Gasteiger partial charge in [0, 0.05) is 10.8 Å². The van der Waals surface area contributed by atoms with E-state index in [9.17, 15) is 10.2 Å². The zero-order chi connectivity index (χ0) is 19.6. The summed E-state index contributed by atoms with van der Waals surface area (Å²) in [5, 5.41) is 22.7. The van der Waals surface area contributed by atoms with Crippen molar-refractivity contribution in [2.75, 3.05) is 0 Å². The Bertz CT molecular complexity index is 1020. The molecule has 0 aliphatic rings. The van der Waals surface area contributed by atoms with Gasteiger partial charge in [-0.05, 0) is 22.9 Å². The summed E-state index contributed by atoms with van der Waals surface area (Å²) in [5.74, 6) is 0.700. The van der Waals surface area contributed by atoms with Gasteiger partial charge in [0.1, 0.15) is 11.5 Å². The van der Waals surface area contributed by atoms with Gasteiger partial charge in [-0.3, -0.25) is 0 Å². The Hall–Kier alpha value is -3.78. The highest BCUT2D eigenvalue weighted by molar-refractivity contribution is 5.88. The molecule has 0 saturated heterocycles. The highest BCUT2D eigenvalue weighted by atomic mass is 16.3. The Balaban J connectivity index is 0.000000126. The van der Waals surface area contributed by atoms with Crippen molar-refractivity contribution in [3.8, 4) is 11.5 Å². The maximum absolute atomic E-state index is 9.37. The number of benzene rings is 5. The number of fused-ring (bicyclic) bond motifs is 2. The first-order chi connectivity index (χ1) is 13.8. The standard InChI is InChI=1S/2C10H8O.C6H6/c2*11-10-7-3-5-8-4-1-2-6-9(8)10;1-2-4-6-5-3-1/h2*1-7,11H;1-6H. The monoisotopic (exact) mass is 366 g/mol. The Morgan fingerprint density at radius 3 is 1.00 bits per heavy atom. The van der Waals surface area contributed by atoms with E-state index in [1.165, 1.54) is 0 Å². The molecule has 5 aromatic rings. The third-order valence-electron chi connectivity index (χ3n) is 4.20. The third-order valence-corrected chi connectivity index (χ3v) is 4.20. The molecule has 2 nitrogen and oxygen atoms in total. The highest BCUT2D eigenvalue weighted by Crippen LogP contribution is 2.23. The maximum Gasteiger partial charge on any atom is 0.123 e. The molecule has 0 spiro atoms. The van der Waals surface area contributed by atoms with Crippen molar-refractivity contribution in [2.45, 2.75) is 0 Å². The van der Waals surface area contributed by atoms with Crippen LogP contribution in [0.15, 0.2) is 121 Å². The average molecular weight is 366 g/mol. The second kappa shape index (κ2) is 9.79. The minimum atomic E-state index is 0.350. The second-order valence-corrected chi connectivity index (χ2v) is 6.15. The van der Waals surface area contributed by atoms with Crippen LogP contribution in [0.2, 0.25) is 0 Å². The molecular formula is C26H22O2. The molecule has 5 rings (SSSR count). The molecule has 0 aromatic heterocycles. The largest absolute Gasteiger partial charge is 0.507 e. The third kappa shape index (κ3) is 5.12. The fraction of sp³-hybridized carbons (Fsp3) is 0. The van der Waals surface area contributed by atoms with Crippen molar-refractivity contribution in [3.63, 3.8) is 0 Å². The zero-order valence-corrected chi connectivity index (χ0v) is 15.4. The van der Waals surface area contributed by atoms with Crippen LogP contribution in [0.3, 0.4) is 0 Å². The fourth-order valence-corrected chi connectivity index (χ4v) is 2.80. The number of rotatable bonds is 0. The molecule has 5 aromatic carbocycles. The minimum Gasteiger partial charge on any atom is -0.507 e. The summed E-state index contributed by atoms with van der Waals surface area (Å²) >= 11 is 0. The van der Waals surface area contributed by atoms with Gasteiger partial charge in [0.2, 0.25) is 0 Å². The molecule has 0 bridgehead atoms. The summed E-state index contributed by atoms with van der Waals surface area (Å²) in [6, 6.07) is 38.6. The Morgan fingerprint density at radius 2 is 0.643 bits per heavy atom. The lowest BCUT2D eigenvalue weighted by molar-refractivity contribution is 0.481. The first-order valence-corrected chi connectivity index (χ1v) is 9.09. The van der Waals surface area contributed by atoms with Gasteiger partial charge in [-0.15, -0.1) is 0 Å². The normalized spacial score (nSPS) is 9.71. The molecule has 0 radical (unpaired) electrons. The van der Waals surface area contributed by atoms with E-state index in [0.29, 0.717) is 11.5 Å². The molecule has 0 saturated carbocycles. The van der Waals surface area contributed by atoms with Crippen molar-refractivity contribution < 1.29 is 10.2 Å². The Morgan fingerprint density at radius 1 is 0.321 bits per heavy atom. The maximum atomic E-state index is 9.37. The molecule has 0 fully saturated rings. The van der Waals surface area contributed by atoms with Gasteiger partial charge < -0.3 is 10.2 Å². The molecule has 2 N–H and O–H groups in total. The molecule has 28 heavy (non-hydrogen) atoms. The number of hydrogen-bond acceptors (Lipinski definition) is 2. The van der Waals surface area contributed by atoms with Gasteiger partial charge >= 0.3 is 0 Å². The summed E-state index contributed by atoms with van der Waals surface area (Å²) < 4.78 is 0. The van der Waals surface area contributed by atoms with Gasteiger partial charge in [-0.2, -0.15) is 0 Å². The minimum absolute atomic E-state index is 0.350. The van der Waals surface area contributed by atoms with Crippen LogP contribution in [0.25, 0.3) is 21.5 Å². The van der Waals surface area contributed by atoms with Crippen LogP contribution in [0.4, 0.5) is 0 Å². The van der Waals surface area contributed by atoms with Gasteiger partial charge in [-0.25, -0.2) is 0 Å². The first kappa shape index (κ1) is 19.0. The summed E-state index contributed by atoms with van der Waals surface area (Å²) in [6.45, 7) is 0. The topological polar surface area (TPSA) is 40.5 Å². The summed E-state index contributed by atoms with van der Waals surface area (Å²) in [6.07, 6.45) is 0. The van der Waals surface area contributed by atoms with E-state index < -0.39 is 0 Å². The van der Waals surface area contributed by atoms with Gasteiger partial charge in [0.15, 0.2) is 0 Å². The van der Waals surface area contributed by atoms with E-state index in [1.54, 1.807) is 12.1 Å². The van der Waals surface area contributed by atoms with Crippen LogP contribution >= 0.6 is 0 Å². The highest BCUT2D eigenvalue weighted by Gasteiger charge is 1.95. The van der Waals surface area contributed by atoms with E-state index in [2.05, 4.69) is 0 Å². The average Bonchev–Trinajstić information content (AvgIpc) is 2.77. The van der Waals surface area contributed by atoms with Gasteiger partial charge in [0.25, 0.3) is 0 Å². The van der Waals surface area contributed by atoms with E-state index >= 15 is 0 Å². The number of aromatic hydroxyl groups is 2. The predicted octanol–water partition coefficient (Wildman–Crippen LogP) is 6.78. The summed E-state index contributed by atoms with van der Waals surface area (Å²) in [5.41, 5.74) is 0. The van der Waals surface area contributed by atoms with Gasteiger partial charge in [0.05, 0.1) is 0 Å². The van der Waals surface area contributed by atoms with Crippen LogP contribution < -0.4 is 0 Å². The molecule has 0 atom stereocenters. The predicted molar refractivity (Wildman–Crippen MR) is 118 cm³/mol. The van der Waals surface area contributed by atoms with Crippen LogP contribution in [0, 0.1) is 0 Å². The van der Waals surface area contributed by atoms with E-state index in [4.69, 9.17) is 0 Å². The Labute approximate surface area is 165 Å². The molecular weight excluding hydrogens is 344 g/mol. The zero-order valence-electron chi connectivity index (χ0n) is 15.4. The van der Waals surface area contributed by atoms with Crippen LogP contribution in [-0.2, 0) is 0 Å². The van der Waals surface area contributed by atoms with Crippen molar-refractivity contribution in [1.82, 2.24) is 0 Å². The molecule has 0 heterocycles. The quantitative estimate of drug-likeness (QED) is 0.317. The smallest absolute Gasteiger partial charge is 0.123 e. The lowest BCUT2D eigenvalue weighted by Crippen LogP contribution is -1.70. The molecule has 138 valence electrons. The van der Waals surface area contributed by atoms with E-state index in [0.717, 1.165) is 21.5 Å². The number of phenolic OH excluding ortho intramolecular Hbond substituents is 2. The molecule has 2 heteroatoms. The second-order valence-electron chi connectivity index (χ2n) is 6.15. The fourth-order valence-electron chi connectivity index (χ4n) is 2.80. The van der Waals surface area contributed by atoms with Crippen LogP contribution in [-0.4, -0.2) is 10.2 Å². The van der Waals surface area contributed by atoms with E-state index in [1.807, 2.05) is 109 Å². The van der Waals surface area contributed by atoms with E-state index in [-0.39, 0.29) is 0 Å². The SMILES string of the molecule is Oc1cccc2ccccc12.Oc1cccc2ccccc12.c1ccccc1. The molecule has 0 aliphatic heterocycles. The Kier molecular flexibility index (Phi) is 6.64. The van der Waals surface area contributed by atoms with Crippen molar-refractivity contribution in [3.05, 3.63) is 121 Å². The summed E-state index contributed by atoms with van der Waals surface area (Å²) in [4.78, 5) is 0. The lowest BCUT2D eigenvalue weighted by atomic mass is 10.1. The first-order valence-electron chi connectivity index (χ1n) is 9.09. The van der Waals surface area contributed by atoms with Crippen LogP contribution in [0.1, 0.15) is 0 Å². The molecule has 0 aliphatic carbocycles. The number of hydrogen-bond donors (Lipinski definition) is 2. The van der Waals surface area contributed by atoms with Crippen molar-refractivity contribution in [1.29, 1.82) is 0 Å². The van der Waals surface area contributed by atoms with Crippen molar-refractivity contribution >= 4 is 21.5 Å². The lowest BCUT2D eigenvalue weighted by Gasteiger charge is -1.97. The van der Waals surface area contributed by atoms with Crippen molar-refractivity contribution in [2.24, 2.45) is 0 Å².